The highest BCUT2D eigenvalue weighted by atomic mass is 16.5. The van der Waals surface area contributed by atoms with E-state index in [0.717, 1.165) is 17.1 Å². The second-order valence-electron chi connectivity index (χ2n) is 5.45. The fourth-order valence-corrected chi connectivity index (χ4v) is 2.22. The second kappa shape index (κ2) is 9.57. The lowest BCUT2D eigenvalue weighted by Crippen LogP contribution is -2.31. The maximum Gasteiger partial charge on any atom is 0.220 e. The summed E-state index contributed by atoms with van der Waals surface area (Å²) in [5, 5.41) is 2.86. The molecule has 0 aliphatic rings. The van der Waals surface area contributed by atoms with Crippen LogP contribution in [0.2, 0.25) is 0 Å². The quantitative estimate of drug-likeness (QED) is 0.694. The van der Waals surface area contributed by atoms with Gasteiger partial charge in [0.05, 0.1) is 13.7 Å². The van der Waals surface area contributed by atoms with Crippen LogP contribution in [0, 0.1) is 0 Å². The van der Waals surface area contributed by atoms with E-state index < -0.39 is 0 Å². The lowest BCUT2D eigenvalue weighted by molar-refractivity contribution is -0.121. The number of hydrogen-bond acceptors (Lipinski definition) is 4. The third-order valence-corrected chi connectivity index (χ3v) is 3.62. The number of carbonyl (C=O) groups is 1. The minimum Gasteiger partial charge on any atom is -0.497 e. The first-order chi connectivity index (χ1) is 11.7. The molecule has 0 spiro atoms. The van der Waals surface area contributed by atoms with Crippen molar-refractivity contribution in [2.45, 2.75) is 18.9 Å². The van der Waals surface area contributed by atoms with Crippen molar-refractivity contribution >= 4 is 5.91 Å². The Balaban J connectivity index is 1.61. The summed E-state index contributed by atoms with van der Waals surface area (Å²) < 4.78 is 10.7. The van der Waals surface area contributed by atoms with E-state index in [0.29, 0.717) is 26.0 Å². The molecule has 0 radical (unpaired) electrons. The normalized spacial score (nSPS) is 11.6. The molecule has 1 amide bonds. The molecule has 0 saturated heterocycles. The molecule has 3 N–H and O–H groups in total. The Morgan fingerprint density at radius 1 is 1.08 bits per heavy atom. The number of hydrogen-bond donors (Lipinski definition) is 2. The zero-order valence-electron chi connectivity index (χ0n) is 13.9. The summed E-state index contributed by atoms with van der Waals surface area (Å²) in [5.41, 5.74) is 7.06. The van der Waals surface area contributed by atoms with Crippen molar-refractivity contribution in [3.8, 4) is 11.5 Å². The first-order valence-electron chi connectivity index (χ1n) is 8.03. The van der Waals surface area contributed by atoms with Gasteiger partial charge in [0.15, 0.2) is 0 Å². The Morgan fingerprint density at radius 3 is 2.42 bits per heavy atom. The highest BCUT2D eigenvalue weighted by molar-refractivity contribution is 5.75. The average Bonchev–Trinajstić information content (AvgIpc) is 2.64. The van der Waals surface area contributed by atoms with Gasteiger partial charge in [0, 0.05) is 19.0 Å². The van der Waals surface area contributed by atoms with Crippen LogP contribution in [-0.2, 0) is 4.79 Å². The van der Waals surface area contributed by atoms with Crippen LogP contribution in [0.15, 0.2) is 54.6 Å². The SMILES string of the molecule is COc1ccc(OCCCC(=O)NCC(N)c2ccccc2)cc1. The van der Waals surface area contributed by atoms with Gasteiger partial charge in [0.2, 0.25) is 5.91 Å². The molecule has 5 nitrogen and oxygen atoms in total. The Kier molecular flexibility index (Phi) is 7.11. The van der Waals surface area contributed by atoms with E-state index in [1.807, 2.05) is 54.6 Å². The molecule has 2 aromatic carbocycles. The molecule has 0 heterocycles. The molecule has 24 heavy (non-hydrogen) atoms. The van der Waals surface area contributed by atoms with E-state index in [-0.39, 0.29) is 11.9 Å². The molecular formula is C19H24N2O3. The molecule has 0 fully saturated rings. The molecule has 0 aromatic heterocycles. The van der Waals surface area contributed by atoms with Crippen LogP contribution in [0.4, 0.5) is 0 Å². The highest BCUT2D eigenvalue weighted by Gasteiger charge is 2.07. The van der Waals surface area contributed by atoms with Crippen molar-refractivity contribution < 1.29 is 14.3 Å². The third kappa shape index (κ3) is 5.93. The molecular weight excluding hydrogens is 304 g/mol. The lowest BCUT2D eigenvalue weighted by Gasteiger charge is -2.13. The van der Waals surface area contributed by atoms with E-state index in [9.17, 15) is 4.79 Å². The maximum atomic E-state index is 11.8. The predicted octanol–water partition coefficient (Wildman–Crippen LogP) is 2.67. The van der Waals surface area contributed by atoms with E-state index in [2.05, 4.69) is 5.32 Å². The summed E-state index contributed by atoms with van der Waals surface area (Å²) in [7, 11) is 1.62. The molecule has 128 valence electrons. The molecule has 0 aliphatic heterocycles. The van der Waals surface area contributed by atoms with Gasteiger partial charge in [0.1, 0.15) is 11.5 Å². The van der Waals surface area contributed by atoms with E-state index in [1.165, 1.54) is 0 Å². The Labute approximate surface area is 142 Å². The van der Waals surface area contributed by atoms with Gasteiger partial charge >= 0.3 is 0 Å². The summed E-state index contributed by atoms with van der Waals surface area (Å²) in [5.74, 6) is 1.54. The van der Waals surface area contributed by atoms with Gasteiger partial charge in [-0.15, -0.1) is 0 Å². The van der Waals surface area contributed by atoms with Crippen LogP contribution in [0.1, 0.15) is 24.4 Å². The predicted molar refractivity (Wildman–Crippen MR) is 94.1 cm³/mol. The zero-order chi connectivity index (χ0) is 17.2. The van der Waals surface area contributed by atoms with Gasteiger partial charge in [-0.2, -0.15) is 0 Å². The summed E-state index contributed by atoms with van der Waals surface area (Å²) in [4.78, 5) is 11.8. The molecule has 2 aromatic rings. The minimum absolute atomic E-state index is 0.0142. The van der Waals surface area contributed by atoms with Gasteiger partial charge < -0.3 is 20.5 Å². The van der Waals surface area contributed by atoms with Crippen molar-refractivity contribution in [1.82, 2.24) is 5.32 Å². The molecule has 0 saturated carbocycles. The monoisotopic (exact) mass is 328 g/mol. The summed E-state index contributed by atoms with van der Waals surface area (Å²) >= 11 is 0. The molecule has 5 heteroatoms. The number of nitrogens with two attached hydrogens (primary N) is 1. The number of benzene rings is 2. The first kappa shape index (κ1) is 17.8. The topological polar surface area (TPSA) is 73.6 Å². The molecule has 1 unspecified atom stereocenters. The average molecular weight is 328 g/mol. The summed E-state index contributed by atoms with van der Waals surface area (Å²) in [6, 6.07) is 16.9. The van der Waals surface area contributed by atoms with Crippen molar-refractivity contribution in [2.75, 3.05) is 20.3 Å². The van der Waals surface area contributed by atoms with Gasteiger partial charge in [-0.05, 0) is 36.2 Å². The summed E-state index contributed by atoms with van der Waals surface area (Å²) in [6.07, 6.45) is 1.07. The molecule has 0 bridgehead atoms. The molecule has 0 aliphatic carbocycles. The number of carbonyl (C=O) groups excluding carboxylic acids is 1. The smallest absolute Gasteiger partial charge is 0.220 e. The second-order valence-corrected chi connectivity index (χ2v) is 5.45. The molecule has 2 rings (SSSR count). The number of methoxy groups -OCH3 is 1. The van der Waals surface area contributed by atoms with Crippen LogP contribution in [0.25, 0.3) is 0 Å². The largest absolute Gasteiger partial charge is 0.497 e. The standard InChI is InChI=1S/C19H24N2O3/c1-23-16-9-11-17(12-10-16)24-13-5-8-19(22)21-14-18(20)15-6-3-2-4-7-15/h2-4,6-7,9-12,18H,5,8,13-14,20H2,1H3,(H,21,22). The highest BCUT2D eigenvalue weighted by Crippen LogP contribution is 2.17. The van der Waals surface area contributed by atoms with Crippen LogP contribution in [-0.4, -0.2) is 26.2 Å². The number of nitrogens with one attached hydrogen (secondary N) is 1. The fraction of sp³-hybridized carbons (Fsp3) is 0.316. The van der Waals surface area contributed by atoms with Gasteiger partial charge in [0.25, 0.3) is 0 Å². The number of amides is 1. The van der Waals surface area contributed by atoms with Crippen LogP contribution >= 0.6 is 0 Å². The Morgan fingerprint density at radius 2 is 1.75 bits per heavy atom. The van der Waals surface area contributed by atoms with Crippen molar-refractivity contribution in [1.29, 1.82) is 0 Å². The van der Waals surface area contributed by atoms with E-state index in [1.54, 1.807) is 7.11 Å². The van der Waals surface area contributed by atoms with Crippen LogP contribution in [0.3, 0.4) is 0 Å². The zero-order valence-corrected chi connectivity index (χ0v) is 13.9. The minimum atomic E-state index is -0.189. The molecule has 1 atom stereocenters. The van der Waals surface area contributed by atoms with E-state index >= 15 is 0 Å². The van der Waals surface area contributed by atoms with Crippen molar-refractivity contribution in [2.24, 2.45) is 5.73 Å². The fourth-order valence-electron chi connectivity index (χ4n) is 2.22. The number of ether oxygens (including phenoxy) is 2. The van der Waals surface area contributed by atoms with Gasteiger partial charge in [-0.1, -0.05) is 30.3 Å². The first-order valence-corrected chi connectivity index (χ1v) is 8.03. The maximum absolute atomic E-state index is 11.8. The van der Waals surface area contributed by atoms with Crippen molar-refractivity contribution in [3.05, 3.63) is 60.2 Å². The van der Waals surface area contributed by atoms with Gasteiger partial charge in [-0.3, -0.25) is 4.79 Å². The Bertz CT molecular complexity index is 614. The Hall–Kier alpha value is -2.53. The summed E-state index contributed by atoms with van der Waals surface area (Å²) in [6.45, 7) is 0.923. The van der Waals surface area contributed by atoms with Crippen molar-refractivity contribution in [3.63, 3.8) is 0 Å². The number of rotatable bonds is 9. The third-order valence-electron chi connectivity index (χ3n) is 3.62. The van der Waals surface area contributed by atoms with Crippen LogP contribution in [0.5, 0.6) is 11.5 Å². The lowest BCUT2D eigenvalue weighted by atomic mass is 10.1. The van der Waals surface area contributed by atoms with E-state index in [4.69, 9.17) is 15.2 Å². The van der Waals surface area contributed by atoms with Gasteiger partial charge in [-0.25, -0.2) is 0 Å². The van der Waals surface area contributed by atoms with Crippen LogP contribution < -0.4 is 20.5 Å².